The van der Waals surface area contributed by atoms with Gasteiger partial charge in [-0.1, -0.05) is 36.4 Å². The Balaban J connectivity index is 2.27. The molecular weight excluding hydrogens is 222 g/mol. The molecule has 0 saturated carbocycles. The van der Waals surface area contributed by atoms with Gasteiger partial charge in [-0.15, -0.1) is 0 Å². The fourth-order valence-electron chi connectivity index (χ4n) is 2.38. The zero-order valence-electron chi connectivity index (χ0n) is 10.3. The maximum atomic E-state index is 5.80. The van der Waals surface area contributed by atoms with Crippen LogP contribution in [-0.4, -0.2) is 0 Å². The normalized spacial score (nSPS) is 11.0. The average molecular weight is 237 g/mol. The van der Waals surface area contributed by atoms with Crippen LogP contribution in [0.1, 0.15) is 11.3 Å². The van der Waals surface area contributed by atoms with Crippen LogP contribution in [0.25, 0.3) is 22.1 Å². The molecule has 18 heavy (non-hydrogen) atoms. The van der Waals surface area contributed by atoms with Crippen molar-refractivity contribution in [2.45, 2.75) is 13.5 Å². The van der Waals surface area contributed by atoms with Gasteiger partial charge in [0.25, 0.3) is 0 Å². The zero-order chi connectivity index (χ0) is 12.5. The lowest BCUT2D eigenvalue weighted by Gasteiger charge is -2.03. The van der Waals surface area contributed by atoms with Crippen LogP contribution < -0.4 is 5.73 Å². The molecule has 0 aliphatic rings. The van der Waals surface area contributed by atoms with Crippen molar-refractivity contribution in [1.82, 2.24) is 0 Å². The third-order valence-corrected chi connectivity index (χ3v) is 3.22. The van der Waals surface area contributed by atoms with E-state index in [1.54, 1.807) is 0 Å². The number of hydrogen-bond acceptors (Lipinski definition) is 2. The lowest BCUT2D eigenvalue weighted by Crippen LogP contribution is -1.95. The molecule has 2 aromatic carbocycles. The first-order valence-electron chi connectivity index (χ1n) is 6.07. The second-order valence-corrected chi connectivity index (χ2v) is 4.43. The van der Waals surface area contributed by atoms with Crippen molar-refractivity contribution in [2.75, 3.05) is 0 Å². The average Bonchev–Trinajstić information content (AvgIpc) is 2.74. The Bertz CT molecular complexity index is 697. The summed E-state index contributed by atoms with van der Waals surface area (Å²) in [6.07, 6.45) is 0. The molecule has 2 N–H and O–H groups in total. The van der Waals surface area contributed by atoms with Crippen LogP contribution >= 0.6 is 0 Å². The molecule has 0 aliphatic carbocycles. The highest BCUT2D eigenvalue weighted by molar-refractivity contribution is 5.95. The Morgan fingerprint density at radius 3 is 2.72 bits per heavy atom. The smallest absolute Gasteiger partial charge is 0.134 e. The van der Waals surface area contributed by atoms with E-state index < -0.39 is 0 Å². The van der Waals surface area contributed by atoms with Crippen LogP contribution in [0, 0.1) is 6.92 Å². The van der Waals surface area contributed by atoms with Gasteiger partial charge in [0.2, 0.25) is 0 Å². The predicted octanol–water partition coefficient (Wildman–Crippen LogP) is 3.87. The van der Waals surface area contributed by atoms with E-state index in [-0.39, 0.29) is 0 Å². The highest BCUT2D eigenvalue weighted by atomic mass is 16.3. The molecule has 0 radical (unpaired) electrons. The molecule has 2 heteroatoms. The van der Waals surface area contributed by atoms with Crippen LogP contribution in [0.4, 0.5) is 0 Å². The second kappa shape index (κ2) is 4.31. The maximum Gasteiger partial charge on any atom is 0.134 e. The third-order valence-electron chi connectivity index (χ3n) is 3.22. The fraction of sp³-hybridized carbons (Fsp3) is 0.125. The summed E-state index contributed by atoms with van der Waals surface area (Å²) in [6.45, 7) is 2.56. The largest absolute Gasteiger partial charge is 0.461 e. The van der Waals surface area contributed by atoms with Gasteiger partial charge < -0.3 is 10.2 Å². The third kappa shape index (κ3) is 1.71. The maximum absolute atomic E-state index is 5.80. The van der Waals surface area contributed by atoms with Gasteiger partial charge in [0.1, 0.15) is 11.3 Å². The molecule has 2 nitrogen and oxygen atoms in total. The first-order valence-corrected chi connectivity index (χ1v) is 6.07. The topological polar surface area (TPSA) is 39.2 Å². The molecule has 0 unspecified atom stereocenters. The molecule has 0 spiro atoms. The number of para-hydroxylation sites is 1. The molecule has 3 aromatic rings. The molecule has 90 valence electrons. The molecular formula is C16H15NO. The molecule has 0 aliphatic heterocycles. The van der Waals surface area contributed by atoms with Crippen LogP contribution in [-0.2, 0) is 6.54 Å². The standard InChI is InChI=1S/C16H15NO/c1-11-16(13-6-4-5-12(9-13)10-17)14-7-2-3-8-15(14)18-11/h2-9H,10,17H2,1H3. The summed E-state index contributed by atoms with van der Waals surface area (Å²) in [4.78, 5) is 0. The molecule has 0 amide bonds. The van der Waals surface area contributed by atoms with Crippen molar-refractivity contribution in [3.05, 3.63) is 59.9 Å². The van der Waals surface area contributed by atoms with Crippen molar-refractivity contribution in [3.8, 4) is 11.1 Å². The van der Waals surface area contributed by atoms with E-state index in [0.29, 0.717) is 6.54 Å². The molecule has 3 rings (SSSR count). The van der Waals surface area contributed by atoms with Crippen molar-refractivity contribution >= 4 is 11.0 Å². The van der Waals surface area contributed by atoms with E-state index in [1.807, 2.05) is 37.3 Å². The Morgan fingerprint density at radius 1 is 1.06 bits per heavy atom. The van der Waals surface area contributed by atoms with Gasteiger partial charge in [-0.2, -0.15) is 0 Å². The SMILES string of the molecule is Cc1oc2ccccc2c1-c1cccc(CN)c1. The minimum absolute atomic E-state index is 0.558. The minimum atomic E-state index is 0.558. The summed E-state index contributed by atoms with van der Waals surface area (Å²) in [5, 5.41) is 1.16. The Hall–Kier alpha value is -2.06. The summed E-state index contributed by atoms with van der Waals surface area (Å²) in [6, 6.07) is 16.4. The van der Waals surface area contributed by atoms with E-state index in [4.69, 9.17) is 10.2 Å². The van der Waals surface area contributed by atoms with Crippen molar-refractivity contribution in [2.24, 2.45) is 5.73 Å². The number of hydrogen-bond donors (Lipinski definition) is 1. The zero-order valence-corrected chi connectivity index (χ0v) is 10.3. The molecule has 0 bridgehead atoms. The van der Waals surface area contributed by atoms with Crippen molar-refractivity contribution in [1.29, 1.82) is 0 Å². The molecule has 0 atom stereocenters. The Kier molecular flexibility index (Phi) is 2.65. The number of aryl methyl sites for hydroxylation is 1. The number of furan rings is 1. The second-order valence-electron chi connectivity index (χ2n) is 4.43. The van der Waals surface area contributed by atoms with Crippen molar-refractivity contribution in [3.63, 3.8) is 0 Å². The van der Waals surface area contributed by atoms with Gasteiger partial charge in [-0.05, 0) is 30.2 Å². The van der Waals surface area contributed by atoms with Gasteiger partial charge in [0, 0.05) is 17.5 Å². The van der Waals surface area contributed by atoms with E-state index in [9.17, 15) is 0 Å². The number of fused-ring (bicyclic) bond motifs is 1. The van der Waals surface area contributed by atoms with Crippen LogP contribution in [0.2, 0.25) is 0 Å². The highest BCUT2D eigenvalue weighted by Gasteiger charge is 2.12. The van der Waals surface area contributed by atoms with Gasteiger partial charge in [-0.3, -0.25) is 0 Å². The summed E-state index contributed by atoms with van der Waals surface area (Å²) in [5.74, 6) is 0.949. The van der Waals surface area contributed by atoms with E-state index in [2.05, 4.69) is 18.2 Å². The summed E-state index contributed by atoms with van der Waals surface area (Å²) in [5.41, 5.74) is 10.1. The van der Waals surface area contributed by atoms with E-state index in [0.717, 1.165) is 22.3 Å². The summed E-state index contributed by atoms with van der Waals surface area (Å²) < 4.78 is 5.80. The van der Waals surface area contributed by atoms with Gasteiger partial charge in [0.15, 0.2) is 0 Å². The monoisotopic (exact) mass is 237 g/mol. The van der Waals surface area contributed by atoms with E-state index in [1.165, 1.54) is 11.1 Å². The molecule has 0 fully saturated rings. The molecule has 1 aromatic heterocycles. The van der Waals surface area contributed by atoms with Gasteiger partial charge >= 0.3 is 0 Å². The fourth-order valence-corrected chi connectivity index (χ4v) is 2.38. The van der Waals surface area contributed by atoms with Gasteiger partial charge in [-0.25, -0.2) is 0 Å². The minimum Gasteiger partial charge on any atom is -0.461 e. The van der Waals surface area contributed by atoms with Gasteiger partial charge in [0.05, 0.1) is 0 Å². The quantitative estimate of drug-likeness (QED) is 0.735. The predicted molar refractivity (Wildman–Crippen MR) is 74.3 cm³/mol. The van der Waals surface area contributed by atoms with E-state index >= 15 is 0 Å². The highest BCUT2D eigenvalue weighted by Crippen LogP contribution is 2.34. The lowest BCUT2D eigenvalue weighted by atomic mass is 10.0. The summed E-state index contributed by atoms with van der Waals surface area (Å²) >= 11 is 0. The number of benzene rings is 2. The van der Waals surface area contributed by atoms with Crippen LogP contribution in [0.3, 0.4) is 0 Å². The Morgan fingerprint density at radius 2 is 1.89 bits per heavy atom. The lowest BCUT2D eigenvalue weighted by molar-refractivity contribution is 0.580. The molecule has 1 heterocycles. The van der Waals surface area contributed by atoms with Crippen LogP contribution in [0.15, 0.2) is 52.9 Å². The first-order chi connectivity index (χ1) is 8.79. The molecule has 0 saturated heterocycles. The van der Waals surface area contributed by atoms with Crippen LogP contribution in [0.5, 0.6) is 0 Å². The number of rotatable bonds is 2. The number of nitrogens with two attached hydrogens (primary N) is 1. The first kappa shape index (κ1) is 11.1. The van der Waals surface area contributed by atoms with Crippen molar-refractivity contribution < 1.29 is 4.42 Å². The summed E-state index contributed by atoms with van der Waals surface area (Å²) in [7, 11) is 0. The Labute approximate surface area is 106 Å².